The van der Waals surface area contributed by atoms with Gasteiger partial charge in [0.2, 0.25) is 0 Å². The molecule has 0 fully saturated rings. The second-order valence-corrected chi connectivity index (χ2v) is 7.11. The predicted octanol–water partition coefficient (Wildman–Crippen LogP) is 3.48. The van der Waals surface area contributed by atoms with Crippen LogP contribution in [-0.4, -0.2) is 29.5 Å². The third-order valence-electron chi connectivity index (χ3n) is 4.32. The molecule has 27 heavy (non-hydrogen) atoms. The van der Waals surface area contributed by atoms with Crippen LogP contribution < -0.4 is 5.73 Å². The van der Waals surface area contributed by atoms with Gasteiger partial charge in [-0.3, -0.25) is 0 Å². The molecule has 10 heteroatoms. The third-order valence-corrected chi connectivity index (χ3v) is 5.14. The number of nitrogen functional groups attached to an aromatic ring is 1. The summed E-state index contributed by atoms with van der Waals surface area (Å²) in [5.41, 5.74) is 7.44. The quantitative estimate of drug-likeness (QED) is 0.452. The first-order valence-corrected chi connectivity index (χ1v) is 9.21. The Labute approximate surface area is 166 Å². The van der Waals surface area contributed by atoms with Gasteiger partial charge in [-0.1, -0.05) is 12.1 Å². The molecule has 2 N–H and O–H groups in total. The van der Waals surface area contributed by atoms with Gasteiger partial charge < -0.3 is 10.3 Å². The summed E-state index contributed by atoms with van der Waals surface area (Å²) in [5, 5.41) is 8.99. The van der Waals surface area contributed by atoms with Crippen molar-refractivity contribution in [2.75, 3.05) is 5.73 Å². The molecule has 0 spiro atoms. The number of fused-ring (bicyclic) bond motifs is 1. The summed E-state index contributed by atoms with van der Waals surface area (Å²) in [5.74, 6) is -0.940. The highest BCUT2D eigenvalue weighted by atomic mass is 127. The molecule has 0 amide bonds. The minimum Gasteiger partial charge on any atom is -0.383 e. The minimum atomic E-state index is -0.707. The smallest absolute Gasteiger partial charge is 0.151 e. The topological polar surface area (TPSA) is 87.4 Å². The number of aromatic nitrogens is 6. The largest absolute Gasteiger partial charge is 0.383 e. The van der Waals surface area contributed by atoms with Gasteiger partial charge in [0.1, 0.15) is 35.0 Å². The second-order valence-electron chi connectivity index (χ2n) is 5.95. The first-order valence-electron chi connectivity index (χ1n) is 8.13. The Morgan fingerprint density at radius 1 is 1.22 bits per heavy atom. The van der Waals surface area contributed by atoms with Crippen molar-refractivity contribution in [2.24, 2.45) is 0 Å². The molecule has 0 aliphatic carbocycles. The van der Waals surface area contributed by atoms with E-state index in [1.165, 1.54) is 23.1 Å². The predicted molar refractivity (Wildman–Crippen MR) is 104 cm³/mol. The fourth-order valence-electron chi connectivity index (χ4n) is 3.06. The zero-order chi connectivity index (χ0) is 19.1. The molecule has 3 aromatic heterocycles. The Hall–Kier alpha value is -2.63. The van der Waals surface area contributed by atoms with E-state index in [0.29, 0.717) is 23.6 Å². The molecule has 4 rings (SSSR count). The SMILES string of the molecule is CCC(c1cn(-c2ccc(F)cc2F)nn1)n1cc(I)c2c(N)ncnc21. The zero-order valence-corrected chi connectivity index (χ0v) is 16.3. The first kappa shape index (κ1) is 17.8. The standard InChI is InChI=1S/C17H14F2IN7/c1-2-13(26-6-11(20)15-16(21)22-8-23-17(15)26)12-7-27(25-24-12)14-4-3-9(18)5-10(14)19/h3-8,13H,2H2,1H3,(H2,21,22,23). The van der Waals surface area contributed by atoms with Crippen LogP contribution in [-0.2, 0) is 0 Å². The number of rotatable bonds is 4. The molecule has 0 bridgehead atoms. The zero-order valence-electron chi connectivity index (χ0n) is 14.1. The minimum absolute atomic E-state index is 0.128. The Kier molecular flexibility index (Phi) is 4.50. The van der Waals surface area contributed by atoms with Crippen LogP contribution in [0.2, 0.25) is 0 Å². The normalized spacial score (nSPS) is 12.6. The fraction of sp³-hybridized carbons (Fsp3) is 0.176. The highest BCUT2D eigenvalue weighted by molar-refractivity contribution is 14.1. The number of benzene rings is 1. The maximum Gasteiger partial charge on any atom is 0.151 e. The van der Waals surface area contributed by atoms with E-state index in [9.17, 15) is 8.78 Å². The molecule has 0 aliphatic heterocycles. The van der Waals surface area contributed by atoms with Gasteiger partial charge in [0.15, 0.2) is 5.82 Å². The summed E-state index contributed by atoms with van der Waals surface area (Å²) < 4.78 is 31.4. The van der Waals surface area contributed by atoms with Gasteiger partial charge in [-0.2, -0.15) is 0 Å². The maximum atomic E-state index is 14.0. The van der Waals surface area contributed by atoms with Gasteiger partial charge in [-0.25, -0.2) is 23.4 Å². The van der Waals surface area contributed by atoms with Crippen LogP contribution in [0.1, 0.15) is 25.1 Å². The molecular formula is C17H14F2IN7. The summed E-state index contributed by atoms with van der Waals surface area (Å²) in [6.07, 6.45) is 5.69. The van der Waals surface area contributed by atoms with Crippen LogP contribution in [0.15, 0.2) is 36.9 Å². The van der Waals surface area contributed by atoms with Crippen molar-refractivity contribution in [1.29, 1.82) is 0 Å². The van der Waals surface area contributed by atoms with Crippen molar-refractivity contribution in [3.05, 3.63) is 57.8 Å². The van der Waals surface area contributed by atoms with Gasteiger partial charge in [-0.05, 0) is 41.1 Å². The van der Waals surface area contributed by atoms with Crippen LogP contribution in [0.25, 0.3) is 16.7 Å². The van der Waals surface area contributed by atoms with Crippen LogP contribution >= 0.6 is 22.6 Å². The molecule has 1 aromatic carbocycles. The molecule has 1 atom stereocenters. The van der Waals surface area contributed by atoms with E-state index in [-0.39, 0.29) is 11.7 Å². The maximum absolute atomic E-state index is 14.0. The lowest BCUT2D eigenvalue weighted by atomic mass is 10.1. The number of hydrogen-bond acceptors (Lipinski definition) is 5. The lowest BCUT2D eigenvalue weighted by Crippen LogP contribution is -2.10. The van der Waals surface area contributed by atoms with Gasteiger partial charge in [0.05, 0.1) is 17.6 Å². The van der Waals surface area contributed by atoms with Gasteiger partial charge >= 0.3 is 0 Å². The molecule has 0 aliphatic rings. The summed E-state index contributed by atoms with van der Waals surface area (Å²) >= 11 is 2.19. The van der Waals surface area contributed by atoms with Crippen LogP contribution in [0.3, 0.4) is 0 Å². The summed E-state index contributed by atoms with van der Waals surface area (Å²) in [4.78, 5) is 8.40. The summed E-state index contributed by atoms with van der Waals surface area (Å²) in [7, 11) is 0. The van der Waals surface area contributed by atoms with E-state index in [0.717, 1.165) is 15.0 Å². The van der Waals surface area contributed by atoms with Gasteiger partial charge in [-0.15, -0.1) is 5.10 Å². The van der Waals surface area contributed by atoms with Crippen molar-refractivity contribution < 1.29 is 8.78 Å². The van der Waals surface area contributed by atoms with E-state index < -0.39 is 11.6 Å². The molecule has 0 saturated heterocycles. The molecule has 7 nitrogen and oxygen atoms in total. The van der Waals surface area contributed by atoms with Gasteiger partial charge in [0.25, 0.3) is 0 Å². The summed E-state index contributed by atoms with van der Waals surface area (Å²) in [6.45, 7) is 2.01. The number of nitrogens with zero attached hydrogens (tertiary/aromatic N) is 6. The highest BCUT2D eigenvalue weighted by Gasteiger charge is 2.22. The lowest BCUT2D eigenvalue weighted by Gasteiger charge is -2.15. The van der Waals surface area contributed by atoms with Crippen molar-refractivity contribution in [1.82, 2.24) is 29.5 Å². The summed E-state index contributed by atoms with van der Waals surface area (Å²) in [6, 6.07) is 3.14. The first-order chi connectivity index (χ1) is 13.0. The van der Waals surface area contributed by atoms with E-state index in [1.807, 2.05) is 17.7 Å². The Bertz CT molecular complexity index is 1140. The van der Waals surface area contributed by atoms with Crippen molar-refractivity contribution in [3.63, 3.8) is 0 Å². The molecular weight excluding hydrogens is 467 g/mol. The van der Waals surface area contributed by atoms with Crippen molar-refractivity contribution in [2.45, 2.75) is 19.4 Å². The molecule has 4 aromatic rings. The fourth-order valence-corrected chi connectivity index (χ4v) is 3.88. The van der Waals surface area contributed by atoms with Crippen LogP contribution in [0.5, 0.6) is 0 Å². The Morgan fingerprint density at radius 2 is 2.04 bits per heavy atom. The van der Waals surface area contributed by atoms with Crippen molar-refractivity contribution in [3.8, 4) is 5.69 Å². The highest BCUT2D eigenvalue weighted by Crippen LogP contribution is 2.31. The number of hydrogen-bond donors (Lipinski definition) is 1. The molecule has 1 unspecified atom stereocenters. The molecule has 138 valence electrons. The van der Waals surface area contributed by atoms with Gasteiger partial charge in [0, 0.05) is 15.8 Å². The molecule has 3 heterocycles. The van der Waals surface area contributed by atoms with E-state index in [1.54, 1.807) is 6.20 Å². The average Bonchev–Trinajstić information content (AvgIpc) is 3.22. The van der Waals surface area contributed by atoms with E-state index >= 15 is 0 Å². The van der Waals surface area contributed by atoms with E-state index in [2.05, 4.69) is 42.9 Å². The lowest BCUT2D eigenvalue weighted by molar-refractivity contribution is 0.563. The number of halogens is 3. The monoisotopic (exact) mass is 481 g/mol. The second kappa shape index (κ2) is 6.83. The number of anilines is 1. The average molecular weight is 481 g/mol. The van der Waals surface area contributed by atoms with E-state index in [4.69, 9.17) is 5.73 Å². The van der Waals surface area contributed by atoms with Crippen LogP contribution in [0.4, 0.5) is 14.6 Å². The Morgan fingerprint density at radius 3 is 2.78 bits per heavy atom. The molecule has 0 radical (unpaired) electrons. The third kappa shape index (κ3) is 3.03. The molecule has 0 saturated carbocycles. The number of nitrogens with two attached hydrogens (primary N) is 1. The Balaban J connectivity index is 1.79. The van der Waals surface area contributed by atoms with Crippen LogP contribution in [0, 0.1) is 15.2 Å². The van der Waals surface area contributed by atoms with Crippen molar-refractivity contribution >= 4 is 39.4 Å².